The Kier molecular flexibility index (Phi) is 6.78. The lowest BCUT2D eigenvalue weighted by Crippen LogP contribution is -2.27. The smallest absolute Gasteiger partial charge is 0.366 e. The second-order valence-corrected chi connectivity index (χ2v) is 8.48. The van der Waals surface area contributed by atoms with E-state index in [0.717, 1.165) is 55.7 Å². The number of halogens is 3. The monoisotopic (exact) mass is 457 g/mol. The number of nitrogens with one attached hydrogen (secondary N) is 2. The lowest BCUT2D eigenvalue weighted by atomic mass is 9.77. The summed E-state index contributed by atoms with van der Waals surface area (Å²) in [5, 5.41) is 10.6. The number of amides is 1. The zero-order chi connectivity index (χ0) is 23.4. The first-order chi connectivity index (χ1) is 15.8. The van der Waals surface area contributed by atoms with E-state index in [0.29, 0.717) is 23.9 Å². The number of carbonyl (C=O) groups is 1. The minimum Gasteiger partial charge on any atom is -0.366 e. The lowest BCUT2D eigenvalue weighted by Gasteiger charge is -2.30. The van der Waals surface area contributed by atoms with Gasteiger partial charge in [0, 0.05) is 11.1 Å². The van der Waals surface area contributed by atoms with Crippen molar-refractivity contribution < 1.29 is 18.0 Å². The van der Waals surface area contributed by atoms with Crippen LogP contribution in [0.2, 0.25) is 0 Å². The molecule has 4 N–H and O–H groups in total. The number of rotatable bonds is 7. The third-order valence-electron chi connectivity index (χ3n) is 6.22. The Morgan fingerprint density at radius 1 is 1.09 bits per heavy atom. The maximum absolute atomic E-state index is 13.0. The van der Waals surface area contributed by atoms with Crippen LogP contribution >= 0.6 is 0 Å². The molecule has 1 fully saturated rings. The van der Waals surface area contributed by atoms with Crippen LogP contribution in [-0.2, 0) is 12.7 Å². The minimum absolute atomic E-state index is 0.0223. The molecule has 1 aliphatic carbocycles. The molecular weight excluding hydrogens is 431 g/mol. The highest BCUT2D eigenvalue weighted by atomic mass is 19.4. The largest absolute Gasteiger partial charge is 0.416 e. The second-order valence-electron chi connectivity index (χ2n) is 8.48. The Labute approximate surface area is 189 Å². The molecule has 0 atom stereocenters. The van der Waals surface area contributed by atoms with Crippen molar-refractivity contribution in [3.8, 4) is 11.4 Å². The van der Waals surface area contributed by atoms with Gasteiger partial charge < -0.3 is 11.1 Å². The van der Waals surface area contributed by atoms with Gasteiger partial charge >= 0.3 is 6.18 Å². The highest BCUT2D eigenvalue weighted by Crippen LogP contribution is 2.39. The summed E-state index contributed by atoms with van der Waals surface area (Å²) in [5.41, 5.74) is 6.10. The van der Waals surface area contributed by atoms with E-state index in [1.54, 1.807) is 0 Å². The van der Waals surface area contributed by atoms with Crippen molar-refractivity contribution in [3.05, 3.63) is 71.0 Å². The Hall–Kier alpha value is -3.20. The quantitative estimate of drug-likeness (QED) is 0.481. The number of alkyl halides is 3. The summed E-state index contributed by atoms with van der Waals surface area (Å²) >= 11 is 0. The topological polar surface area (TPSA) is 96.7 Å². The Morgan fingerprint density at radius 3 is 2.48 bits per heavy atom. The molecule has 0 spiro atoms. The molecule has 174 valence electrons. The number of benzene rings is 2. The third kappa shape index (κ3) is 5.60. The van der Waals surface area contributed by atoms with Gasteiger partial charge in [-0.1, -0.05) is 36.4 Å². The van der Waals surface area contributed by atoms with Gasteiger partial charge in [0.15, 0.2) is 5.82 Å². The molecule has 3 aromatic rings. The standard InChI is InChI=1S/C24H26F3N5O/c25-24(26,27)18-10-11-19(20(12-18)22(28)33)16-8-6-15(7-9-16)13-29-14-21-30-23(32-31-21)17-4-2-1-3-5-17/h1-5,10-12,15-16,29H,6-9,13-14H2,(H2,28,33)(H,30,31,32). The molecule has 0 saturated heterocycles. The van der Waals surface area contributed by atoms with Gasteiger partial charge in [-0.15, -0.1) is 0 Å². The Balaban J connectivity index is 1.29. The molecule has 33 heavy (non-hydrogen) atoms. The molecule has 6 nitrogen and oxygen atoms in total. The van der Waals surface area contributed by atoms with Crippen LogP contribution in [0.4, 0.5) is 13.2 Å². The van der Waals surface area contributed by atoms with Crippen molar-refractivity contribution >= 4 is 5.91 Å². The highest BCUT2D eigenvalue weighted by Gasteiger charge is 2.33. The van der Waals surface area contributed by atoms with Crippen molar-refractivity contribution in [1.82, 2.24) is 20.5 Å². The summed E-state index contributed by atoms with van der Waals surface area (Å²) < 4.78 is 39.0. The van der Waals surface area contributed by atoms with Crippen LogP contribution in [0.25, 0.3) is 11.4 Å². The number of nitrogens with zero attached hydrogens (tertiary/aromatic N) is 2. The van der Waals surface area contributed by atoms with E-state index in [-0.39, 0.29) is 11.5 Å². The molecule has 1 saturated carbocycles. The van der Waals surface area contributed by atoms with Gasteiger partial charge in [0.2, 0.25) is 5.91 Å². The number of hydrogen-bond donors (Lipinski definition) is 3. The molecule has 0 unspecified atom stereocenters. The number of hydrogen-bond acceptors (Lipinski definition) is 4. The van der Waals surface area contributed by atoms with Gasteiger partial charge in [-0.25, -0.2) is 4.98 Å². The van der Waals surface area contributed by atoms with Crippen LogP contribution in [-0.4, -0.2) is 27.6 Å². The molecule has 0 radical (unpaired) electrons. The van der Waals surface area contributed by atoms with E-state index in [9.17, 15) is 18.0 Å². The van der Waals surface area contributed by atoms with E-state index >= 15 is 0 Å². The Morgan fingerprint density at radius 2 is 1.82 bits per heavy atom. The van der Waals surface area contributed by atoms with E-state index in [1.165, 1.54) is 6.07 Å². The zero-order valence-corrected chi connectivity index (χ0v) is 18.0. The lowest BCUT2D eigenvalue weighted by molar-refractivity contribution is -0.137. The van der Waals surface area contributed by atoms with Gasteiger partial charge in [0.25, 0.3) is 0 Å². The fraction of sp³-hybridized carbons (Fsp3) is 0.375. The Bertz CT molecular complexity index is 1090. The van der Waals surface area contributed by atoms with Crippen LogP contribution in [0.5, 0.6) is 0 Å². The summed E-state index contributed by atoms with van der Waals surface area (Å²) in [4.78, 5) is 16.3. The van der Waals surface area contributed by atoms with Crippen LogP contribution in [0.1, 0.15) is 58.9 Å². The number of nitrogens with two attached hydrogens (primary N) is 1. The predicted octanol–water partition coefficient (Wildman–Crippen LogP) is 4.65. The maximum atomic E-state index is 13.0. The van der Waals surface area contributed by atoms with Crippen molar-refractivity contribution in [3.63, 3.8) is 0 Å². The fourth-order valence-corrected chi connectivity index (χ4v) is 4.46. The molecule has 4 rings (SSSR count). The van der Waals surface area contributed by atoms with Gasteiger partial charge in [0.1, 0.15) is 5.82 Å². The van der Waals surface area contributed by atoms with E-state index in [1.807, 2.05) is 30.3 Å². The first kappa shape index (κ1) is 23.0. The summed E-state index contributed by atoms with van der Waals surface area (Å²) in [6.45, 7) is 1.38. The normalized spacial score (nSPS) is 18.9. The molecule has 2 aromatic carbocycles. The SMILES string of the molecule is NC(=O)c1cc(C(F)(F)F)ccc1C1CCC(CNCc2nc(-c3ccccc3)n[nH]2)CC1. The first-order valence-electron chi connectivity index (χ1n) is 11.0. The molecule has 1 amide bonds. The molecule has 0 bridgehead atoms. The first-order valence-corrected chi connectivity index (χ1v) is 11.0. The average molecular weight is 458 g/mol. The predicted molar refractivity (Wildman–Crippen MR) is 118 cm³/mol. The fourth-order valence-electron chi connectivity index (χ4n) is 4.46. The number of aromatic amines is 1. The van der Waals surface area contributed by atoms with Gasteiger partial charge in [-0.05, 0) is 61.8 Å². The summed E-state index contributed by atoms with van der Waals surface area (Å²) in [5.74, 6) is 1.09. The number of primary amides is 1. The number of H-pyrrole nitrogens is 1. The van der Waals surface area contributed by atoms with Crippen molar-refractivity contribution in [1.29, 1.82) is 0 Å². The zero-order valence-electron chi connectivity index (χ0n) is 18.0. The van der Waals surface area contributed by atoms with Gasteiger partial charge in [-0.3, -0.25) is 9.89 Å². The number of carbonyl (C=O) groups excluding carboxylic acids is 1. The summed E-state index contributed by atoms with van der Waals surface area (Å²) in [6.07, 6.45) is -1.06. The molecule has 1 heterocycles. The van der Waals surface area contributed by atoms with Crippen LogP contribution in [0.15, 0.2) is 48.5 Å². The van der Waals surface area contributed by atoms with Crippen molar-refractivity contribution in [2.24, 2.45) is 11.7 Å². The third-order valence-corrected chi connectivity index (χ3v) is 6.22. The highest BCUT2D eigenvalue weighted by molar-refractivity contribution is 5.94. The number of aromatic nitrogens is 3. The van der Waals surface area contributed by atoms with E-state index in [2.05, 4.69) is 20.5 Å². The summed E-state index contributed by atoms with van der Waals surface area (Å²) in [6, 6.07) is 13.1. The van der Waals surface area contributed by atoms with Gasteiger partial charge in [-0.2, -0.15) is 18.3 Å². The van der Waals surface area contributed by atoms with E-state index < -0.39 is 17.6 Å². The van der Waals surface area contributed by atoms with Crippen LogP contribution in [0.3, 0.4) is 0 Å². The summed E-state index contributed by atoms with van der Waals surface area (Å²) in [7, 11) is 0. The van der Waals surface area contributed by atoms with Crippen LogP contribution < -0.4 is 11.1 Å². The average Bonchev–Trinajstić information content (AvgIpc) is 3.28. The molecule has 9 heteroatoms. The molecule has 0 aliphatic heterocycles. The second kappa shape index (κ2) is 9.74. The molecule has 1 aliphatic rings. The minimum atomic E-state index is -4.50. The van der Waals surface area contributed by atoms with E-state index in [4.69, 9.17) is 5.73 Å². The molecular formula is C24H26F3N5O. The molecule has 1 aromatic heterocycles. The van der Waals surface area contributed by atoms with Gasteiger partial charge in [0.05, 0.1) is 12.1 Å². The van der Waals surface area contributed by atoms with Crippen LogP contribution in [0, 0.1) is 5.92 Å². The maximum Gasteiger partial charge on any atom is 0.416 e. The van der Waals surface area contributed by atoms with Crippen molar-refractivity contribution in [2.75, 3.05) is 6.54 Å². The van der Waals surface area contributed by atoms with Crippen molar-refractivity contribution in [2.45, 2.75) is 44.3 Å².